The minimum absolute atomic E-state index is 0.0539. The van der Waals surface area contributed by atoms with Gasteiger partial charge < -0.3 is 19.5 Å². The van der Waals surface area contributed by atoms with Crippen LogP contribution in [-0.4, -0.2) is 40.1 Å². The maximum atomic E-state index is 13.6. The molecule has 0 aliphatic carbocycles. The van der Waals surface area contributed by atoms with Gasteiger partial charge in [0.2, 0.25) is 0 Å². The van der Waals surface area contributed by atoms with Gasteiger partial charge in [-0.1, -0.05) is 0 Å². The number of nitrogens with one attached hydrogen (secondary N) is 1. The number of ether oxygens (including phenoxy) is 3. The summed E-state index contributed by atoms with van der Waals surface area (Å²) in [7, 11) is 4.33. The Kier molecular flexibility index (Phi) is 5.54. The minimum atomic E-state index is -0.641. The molecule has 1 amide bonds. The summed E-state index contributed by atoms with van der Waals surface area (Å²) in [4.78, 5) is 11.7. The van der Waals surface area contributed by atoms with Gasteiger partial charge in [0.25, 0.3) is 5.91 Å². The van der Waals surface area contributed by atoms with Crippen molar-refractivity contribution < 1.29 is 23.4 Å². The van der Waals surface area contributed by atoms with Crippen LogP contribution in [0.3, 0.4) is 0 Å². The summed E-state index contributed by atoms with van der Waals surface area (Å²) >= 11 is 0. The number of rotatable bonds is 6. The fourth-order valence-corrected chi connectivity index (χ4v) is 1.34. The molecule has 0 aromatic heterocycles. The van der Waals surface area contributed by atoms with E-state index in [4.69, 9.17) is 14.2 Å². The van der Waals surface area contributed by atoms with Gasteiger partial charge in [0.15, 0.2) is 6.29 Å². The molecule has 0 saturated heterocycles. The first-order valence-corrected chi connectivity index (χ1v) is 5.29. The maximum absolute atomic E-state index is 13.6. The summed E-state index contributed by atoms with van der Waals surface area (Å²) in [6.45, 7) is 0.136. The molecule has 100 valence electrons. The Morgan fingerprint density at radius 3 is 2.50 bits per heavy atom. The van der Waals surface area contributed by atoms with E-state index in [1.54, 1.807) is 0 Å². The summed E-state index contributed by atoms with van der Waals surface area (Å²) in [6.07, 6.45) is -0.560. The van der Waals surface area contributed by atoms with Crippen molar-refractivity contribution in [1.29, 1.82) is 0 Å². The predicted molar refractivity (Wildman–Crippen MR) is 63.1 cm³/mol. The van der Waals surface area contributed by atoms with Crippen LogP contribution in [0.1, 0.15) is 10.4 Å². The van der Waals surface area contributed by atoms with Gasteiger partial charge >= 0.3 is 0 Å². The molecule has 0 radical (unpaired) electrons. The van der Waals surface area contributed by atoms with Crippen LogP contribution in [0.25, 0.3) is 0 Å². The van der Waals surface area contributed by atoms with E-state index in [0.29, 0.717) is 5.75 Å². The molecule has 0 aliphatic rings. The Morgan fingerprint density at radius 1 is 1.33 bits per heavy atom. The molecule has 0 fully saturated rings. The number of carbonyl (C=O) groups is 1. The number of hydrogen-bond donors (Lipinski definition) is 1. The van der Waals surface area contributed by atoms with Gasteiger partial charge in [-0.15, -0.1) is 0 Å². The van der Waals surface area contributed by atoms with E-state index in [0.717, 1.165) is 6.07 Å². The first kappa shape index (κ1) is 14.4. The Bertz CT molecular complexity index is 407. The molecule has 1 N–H and O–H groups in total. The van der Waals surface area contributed by atoms with Crippen molar-refractivity contribution in [2.24, 2.45) is 0 Å². The zero-order valence-electron chi connectivity index (χ0n) is 10.5. The van der Waals surface area contributed by atoms with Crippen LogP contribution in [0.15, 0.2) is 18.2 Å². The Labute approximate surface area is 105 Å². The van der Waals surface area contributed by atoms with Crippen LogP contribution in [0.4, 0.5) is 4.39 Å². The molecule has 0 aliphatic heterocycles. The SMILES string of the molecule is COc1ccc(C(=O)NCC(OC)OC)c(F)c1. The summed E-state index contributed by atoms with van der Waals surface area (Å²) in [5, 5.41) is 2.51. The van der Waals surface area contributed by atoms with E-state index < -0.39 is 18.0 Å². The smallest absolute Gasteiger partial charge is 0.254 e. The molecule has 1 rings (SSSR count). The zero-order valence-corrected chi connectivity index (χ0v) is 10.5. The Balaban J connectivity index is 2.67. The highest BCUT2D eigenvalue weighted by atomic mass is 19.1. The molecule has 1 aromatic carbocycles. The highest BCUT2D eigenvalue weighted by molar-refractivity contribution is 5.94. The molecule has 6 heteroatoms. The van der Waals surface area contributed by atoms with Gasteiger partial charge in [0.05, 0.1) is 19.2 Å². The van der Waals surface area contributed by atoms with E-state index in [1.165, 1.54) is 33.5 Å². The predicted octanol–water partition coefficient (Wildman–Crippen LogP) is 1.18. The zero-order chi connectivity index (χ0) is 13.5. The van der Waals surface area contributed by atoms with E-state index in [1.807, 2.05) is 0 Å². The third kappa shape index (κ3) is 3.68. The largest absolute Gasteiger partial charge is 0.497 e. The molecule has 18 heavy (non-hydrogen) atoms. The quantitative estimate of drug-likeness (QED) is 0.778. The molecule has 1 aromatic rings. The Morgan fingerprint density at radius 2 is 2.00 bits per heavy atom. The average Bonchev–Trinajstić information content (AvgIpc) is 2.39. The number of methoxy groups -OCH3 is 3. The van der Waals surface area contributed by atoms with Crippen molar-refractivity contribution in [2.45, 2.75) is 6.29 Å². The lowest BCUT2D eigenvalue weighted by Crippen LogP contribution is -2.34. The summed E-state index contributed by atoms with van der Waals surface area (Å²) in [5.41, 5.74) is -0.0539. The number of hydrogen-bond acceptors (Lipinski definition) is 4. The molecule has 0 spiro atoms. The second-order valence-electron chi connectivity index (χ2n) is 3.46. The van der Waals surface area contributed by atoms with Crippen molar-refractivity contribution in [3.05, 3.63) is 29.6 Å². The summed E-state index contributed by atoms with van der Waals surface area (Å²) in [6, 6.07) is 4.03. The lowest BCUT2D eigenvalue weighted by Gasteiger charge is -2.14. The molecule has 0 bridgehead atoms. The van der Waals surface area contributed by atoms with Crippen LogP contribution in [0.2, 0.25) is 0 Å². The van der Waals surface area contributed by atoms with Gasteiger partial charge in [0.1, 0.15) is 11.6 Å². The fourth-order valence-electron chi connectivity index (χ4n) is 1.34. The molecule has 0 heterocycles. The second-order valence-corrected chi connectivity index (χ2v) is 3.46. The normalized spacial score (nSPS) is 10.5. The van der Waals surface area contributed by atoms with Crippen LogP contribution in [-0.2, 0) is 9.47 Å². The minimum Gasteiger partial charge on any atom is -0.497 e. The molecule has 0 saturated carbocycles. The average molecular weight is 257 g/mol. The van der Waals surface area contributed by atoms with Crippen LogP contribution >= 0.6 is 0 Å². The third-order valence-corrected chi connectivity index (χ3v) is 2.38. The molecule has 0 unspecified atom stereocenters. The summed E-state index contributed by atoms with van der Waals surface area (Å²) < 4.78 is 28.2. The van der Waals surface area contributed by atoms with Gasteiger partial charge in [-0.2, -0.15) is 0 Å². The highest BCUT2D eigenvalue weighted by Gasteiger charge is 2.14. The van der Waals surface area contributed by atoms with Crippen molar-refractivity contribution in [3.63, 3.8) is 0 Å². The molecule has 0 atom stereocenters. The van der Waals surface area contributed by atoms with Gasteiger partial charge in [-0.25, -0.2) is 4.39 Å². The van der Waals surface area contributed by atoms with Crippen LogP contribution < -0.4 is 10.1 Å². The topological polar surface area (TPSA) is 56.8 Å². The second kappa shape index (κ2) is 6.93. The lowest BCUT2D eigenvalue weighted by atomic mass is 10.2. The maximum Gasteiger partial charge on any atom is 0.254 e. The van der Waals surface area contributed by atoms with Gasteiger partial charge in [-0.3, -0.25) is 4.79 Å². The van der Waals surface area contributed by atoms with Crippen molar-refractivity contribution >= 4 is 5.91 Å². The van der Waals surface area contributed by atoms with E-state index >= 15 is 0 Å². The van der Waals surface area contributed by atoms with E-state index in [-0.39, 0.29) is 12.1 Å². The van der Waals surface area contributed by atoms with Crippen LogP contribution in [0.5, 0.6) is 5.75 Å². The molecular formula is C12H16FNO4. The van der Waals surface area contributed by atoms with Crippen LogP contribution in [0, 0.1) is 5.82 Å². The first-order valence-electron chi connectivity index (χ1n) is 5.29. The lowest BCUT2D eigenvalue weighted by molar-refractivity contribution is -0.0974. The van der Waals surface area contributed by atoms with Crippen molar-refractivity contribution in [1.82, 2.24) is 5.32 Å². The number of carbonyl (C=O) groups excluding carboxylic acids is 1. The van der Waals surface area contributed by atoms with Crippen molar-refractivity contribution in [3.8, 4) is 5.75 Å². The molecular weight excluding hydrogens is 241 g/mol. The first-order chi connectivity index (χ1) is 8.62. The highest BCUT2D eigenvalue weighted by Crippen LogP contribution is 2.16. The van der Waals surface area contributed by atoms with E-state index in [2.05, 4.69) is 5.32 Å². The number of benzene rings is 1. The third-order valence-electron chi connectivity index (χ3n) is 2.38. The fraction of sp³-hybridized carbons (Fsp3) is 0.417. The Hall–Kier alpha value is -1.66. The molecule has 5 nitrogen and oxygen atoms in total. The number of amides is 1. The van der Waals surface area contributed by atoms with E-state index in [9.17, 15) is 9.18 Å². The number of halogens is 1. The van der Waals surface area contributed by atoms with Gasteiger partial charge in [-0.05, 0) is 12.1 Å². The van der Waals surface area contributed by atoms with Crippen molar-refractivity contribution in [2.75, 3.05) is 27.9 Å². The monoisotopic (exact) mass is 257 g/mol. The standard InChI is InChI=1S/C12H16FNO4/c1-16-8-4-5-9(10(13)6-8)12(15)14-7-11(17-2)18-3/h4-6,11H,7H2,1-3H3,(H,14,15). The summed E-state index contributed by atoms with van der Waals surface area (Å²) in [5.74, 6) is -0.816. The van der Waals surface area contributed by atoms with Gasteiger partial charge in [0, 0.05) is 20.3 Å².